The van der Waals surface area contributed by atoms with Gasteiger partial charge in [-0.3, -0.25) is 0 Å². The predicted molar refractivity (Wildman–Crippen MR) is 30.0 cm³/mol. The van der Waals surface area contributed by atoms with Crippen LogP contribution in [0.2, 0.25) is 0 Å². The molecular weight excluding hydrogens is 104 g/mol. The molecule has 0 aromatic carbocycles. The smallest absolute Gasteiger partial charge is 0.130 e. The van der Waals surface area contributed by atoms with Crippen molar-refractivity contribution >= 4 is 26.1 Å². The summed E-state index contributed by atoms with van der Waals surface area (Å²) in [4.78, 5) is 0. The van der Waals surface area contributed by atoms with Crippen molar-refractivity contribution in [2.75, 3.05) is 0 Å². The highest BCUT2D eigenvalue weighted by Crippen LogP contribution is 1.46. The zero-order valence-electron chi connectivity index (χ0n) is 2.60. The van der Waals surface area contributed by atoms with Crippen LogP contribution in [0.1, 0.15) is 0 Å². The van der Waals surface area contributed by atoms with Gasteiger partial charge in [0.2, 0.25) is 0 Å². The first kappa shape index (κ1) is 19.2. The number of thiol groups is 1. The molecule has 0 aliphatic rings. The van der Waals surface area contributed by atoms with E-state index in [0.717, 1.165) is 0 Å². The molecule has 0 saturated carbocycles. The summed E-state index contributed by atoms with van der Waals surface area (Å²) in [6.07, 6.45) is 0. The number of thiocyanates is 1. The fourth-order valence-electron chi connectivity index (χ4n) is 0. The van der Waals surface area contributed by atoms with Crippen molar-refractivity contribution in [2.24, 2.45) is 0 Å². The number of rotatable bonds is 0. The molecule has 0 bridgehead atoms. The lowest BCUT2D eigenvalue weighted by molar-refractivity contribution is 1.57. The monoisotopic (exact) mass is 110 g/mol. The molecule has 0 fully saturated rings. The number of nitrogens with zero attached hydrogens (tertiary/aromatic N) is 1. The minimum Gasteiger partial charge on any atom is -0.344 e. The van der Waals surface area contributed by atoms with Gasteiger partial charge in [0.25, 0.3) is 0 Å². The SMILES string of the molecule is N.N#CS.S. The molecule has 0 aliphatic heterocycles. The lowest BCUT2D eigenvalue weighted by atomic mass is 11.8. The van der Waals surface area contributed by atoms with Crippen molar-refractivity contribution in [1.29, 1.82) is 5.26 Å². The fourth-order valence-corrected chi connectivity index (χ4v) is 0. The minimum absolute atomic E-state index is 0. The van der Waals surface area contributed by atoms with Gasteiger partial charge in [-0.2, -0.15) is 18.8 Å². The van der Waals surface area contributed by atoms with Gasteiger partial charge in [-0.05, 0) is 0 Å². The van der Waals surface area contributed by atoms with Gasteiger partial charge in [-0.15, -0.1) is 0 Å². The first-order valence-electron chi connectivity index (χ1n) is 0.447. The van der Waals surface area contributed by atoms with Gasteiger partial charge >= 0.3 is 0 Å². The molecule has 0 heterocycles. The lowest BCUT2D eigenvalue weighted by Gasteiger charge is -1.14. The van der Waals surface area contributed by atoms with Crippen molar-refractivity contribution < 1.29 is 0 Å². The molecule has 0 unspecified atom stereocenters. The standard InChI is InChI=1S/CHNS.H3N.H2S/c2-1-3;;/h3H;1H3;1H2. The van der Waals surface area contributed by atoms with E-state index in [0.29, 0.717) is 0 Å². The van der Waals surface area contributed by atoms with Crippen LogP contribution in [0.15, 0.2) is 0 Å². The summed E-state index contributed by atoms with van der Waals surface area (Å²) >= 11 is 3.09. The Kier molecular flexibility index (Phi) is 119. The quantitative estimate of drug-likeness (QED) is 0.355. The Morgan fingerprint density at radius 3 is 1.60 bits per heavy atom. The average Bonchev–Trinajstić information content (AvgIpc) is 0.918. The third-order valence-corrected chi connectivity index (χ3v) is 0. The van der Waals surface area contributed by atoms with Crippen LogP contribution in [0.25, 0.3) is 0 Å². The summed E-state index contributed by atoms with van der Waals surface area (Å²) in [7, 11) is 0. The van der Waals surface area contributed by atoms with Crippen LogP contribution >= 0.6 is 26.1 Å². The Hall–Kier alpha value is 0.150. The van der Waals surface area contributed by atoms with E-state index < -0.39 is 0 Å². The van der Waals surface area contributed by atoms with E-state index in [1.807, 2.05) is 0 Å². The lowest BCUT2D eigenvalue weighted by Crippen LogP contribution is -0.961. The summed E-state index contributed by atoms with van der Waals surface area (Å²) in [5.74, 6) is 0. The van der Waals surface area contributed by atoms with Gasteiger partial charge in [-0.25, -0.2) is 0 Å². The van der Waals surface area contributed by atoms with E-state index in [1.165, 1.54) is 5.40 Å². The third kappa shape index (κ3) is 853. The third-order valence-electron chi connectivity index (χ3n) is 0. The van der Waals surface area contributed by atoms with E-state index in [1.54, 1.807) is 0 Å². The molecule has 0 rings (SSSR count). The van der Waals surface area contributed by atoms with Gasteiger partial charge in [0.05, 0.1) is 0 Å². The van der Waals surface area contributed by atoms with Gasteiger partial charge < -0.3 is 6.15 Å². The van der Waals surface area contributed by atoms with Gasteiger partial charge in [0.15, 0.2) is 0 Å². The molecule has 2 nitrogen and oxygen atoms in total. The molecule has 0 aromatic rings. The Labute approximate surface area is 43.6 Å². The normalized spacial score (nSPS) is 1.60. The van der Waals surface area contributed by atoms with Crippen molar-refractivity contribution in [2.45, 2.75) is 0 Å². The number of nitriles is 1. The molecule has 0 amide bonds. The Morgan fingerprint density at radius 1 is 1.60 bits per heavy atom. The number of hydrogen-bond donors (Lipinski definition) is 2. The molecule has 0 atom stereocenters. The molecule has 5 heavy (non-hydrogen) atoms. The van der Waals surface area contributed by atoms with Crippen LogP contribution in [0.3, 0.4) is 0 Å². The molecule has 0 saturated heterocycles. The first-order chi connectivity index (χ1) is 1.41. The largest absolute Gasteiger partial charge is 0.344 e. The molecule has 3 N–H and O–H groups in total. The summed E-state index contributed by atoms with van der Waals surface area (Å²) in [5, 5.41) is 8.63. The van der Waals surface area contributed by atoms with Crippen molar-refractivity contribution in [3.8, 4) is 5.40 Å². The topological polar surface area (TPSA) is 58.8 Å². The summed E-state index contributed by atoms with van der Waals surface area (Å²) < 4.78 is 0. The Balaban J connectivity index is -0.0000000200. The molecule has 32 valence electrons. The van der Waals surface area contributed by atoms with Gasteiger partial charge in [-0.1, -0.05) is 12.6 Å². The highest BCUT2D eigenvalue weighted by atomic mass is 32.1. The van der Waals surface area contributed by atoms with Crippen LogP contribution in [0.5, 0.6) is 0 Å². The summed E-state index contributed by atoms with van der Waals surface area (Å²) in [6.45, 7) is 0. The van der Waals surface area contributed by atoms with Gasteiger partial charge in [0, 0.05) is 0 Å². The second kappa shape index (κ2) is 31.1. The maximum Gasteiger partial charge on any atom is 0.130 e. The average molecular weight is 110 g/mol. The second-order valence-electron chi connectivity index (χ2n) is 0.100. The van der Waals surface area contributed by atoms with Crippen molar-refractivity contribution in [3.63, 3.8) is 0 Å². The highest BCUT2D eigenvalue weighted by molar-refractivity contribution is 7.85. The van der Waals surface area contributed by atoms with E-state index in [-0.39, 0.29) is 19.6 Å². The van der Waals surface area contributed by atoms with E-state index >= 15 is 0 Å². The van der Waals surface area contributed by atoms with Crippen molar-refractivity contribution in [1.82, 2.24) is 6.15 Å². The summed E-state index contributed by atoms with van der Waals surface area (Å²) in [6, 6.07) is 0. The van der Waals surface area contributed by atoms with Crippen LogP contribution in [0.4, 0.5) is 0 Å². The summed E-state index contributed by atoms with van der Waals surface area (Å²) in [5.41, 5.74) is 0. The number of hydrogen-bond acceptors (Lipinski definition) is 3. The van der Waals surface area contributed by atoms with E-state index in [2.05, 4.69) is 12.6 Å². The molecule has 0 spiro atoms. The Bertz CT molecular complexity index is 29.1. The molecule has 0 radical (unpaired) electrons. The maximum absolute atomic E-state index is 7.18. The van der Waals surface area contributed by atoms with Crippen LogP contribution in [0, 0.1) is 10.7 Å². The maximum atomic E-state index is 7.18. The molecule has 4 heteroatoms. The Morgan fingerprint density at radius 2 is 1.60 bits per heavy atom. The highest BCUT2D eigenvalue weighted by Gasteiger charge is 1.18. The molecule has 0 aliphatic carbocycles. The zero-order chi connectivity index (χ0) is 2.71. The van der Waals surface area contributed by atoms with Gasteiger partial charge in [0.1, 0.15) is 5.40 Å². The molecular formula is CH6N2S2. The van der Waals surface area contributed by atoms with Crippen LogP contribution < -0.4 is 6.15 Å². The predicted octanol–water partition coefficient (Wildman–Crippen LogP) is 0.672. The molecule has 0 aromatic heterocycles. The fraction of sp³-hybridized carbons (Fsp3) is 0. The minimum atomic E-state index is 0. The second-order valence-corrected chi connectivity index (χ2v) is 0.300. The van der Waals surface area contributed by atoms with Crippen LogP contribution in [-0.2, 0) is 0 Å². The van der Waals surface area contributed by atoms with Crippen LogP contribution in [-0.4, -0.2) is 0 Å². The zero-order valence-corrected chi connectivity index (χ0v) is 4.50. The van der Waals surface area contributed by atoms with Crippen molar-refractivity contribution in [3.05, 3.63) is 0 Å². The van der Waals surface area contributed by atoms with E-state index in [4.69, 9.17) is 5.26 Å². The van der Waals surface area contributed by atoms with E-state index in [9.17, 15) is 0 Å². The first-order valence-corrected chi connectivity index (χ1v) is 0.894.